The molecule has 2 heterocycles. The second-order valence-electron chi connectivity index (χ2n) is 16.1. The van der Waals surface area contributed by atoms with Crippen LogP contribution in [0.15, 0.2) is 140 Å². The van der Waals surface area contributed by atoms with Crippen molar-refractivity contribution in [3.05, 3.63) is 156 Å². The van der Waals surface area contributed by atoms with E-state index in [9.17, 15) is 13.2 Å². The minimum absolute atomic E-state index is 0.141. The molecule has 0 radical (unpaired) electrons. The quantitative estimate of drug-likeness (QED) is 0.177. The Labute approximate surface area is 319 Å². The van der Waals surface area contributed by atoms with Gasteiger partial charge in [-0.2, -0.15) is 13.2 Å². The van der Waals surface area contributed by atoms with Crippen LogP contribution in [0.2, 0.25) is 0 Å². The van der Waals surface area contributed by atoms with Crippen molar-refractivity contribution >= 4 is 21.8 Å². The first-order valence-electron chi connectivity index (χ1n) is 18.4. The first-order valence-corrected chi connectivity index (χ1v) is 18.4. The molecule has 0 spiro atoms. The van der Waals surface area contributed by atoms with Crippen molar-refractivity contribution in [1.82, 2.24) is 19.5 Å². The maximum atomic E-state index is 14.0. The highest BCUT2D eigenvalue weighted by Crippen LogP contribution is 2.41. The van der Waals surface area contributed by atoms with Crippen molar-refractivity contribution in [2.24, 2.45) is 0 Å². The summed E-state index contributed by atoms with van der Waals surface area (Å²) in [7, 11) is 0. The number of hydrogen-bond acceptors (Lipinski definition) is 3. The summed E-state index contributed by atoms with van der Waals surface area (Å²) >= 11 is 0. The third-order valence-corrected chi connectivity index (χ3v) is 10.2. The van der Waals surface area contributed by atoms with Gasteiger partial charge in [0.05, 0.1) is 22.3 Å². The second-order valence-corrected chi connectivity index (χ2v) is 16.1. The van der Waals surface area contributed by atoms with Gasteiger partial charge in [-0.3, -0.25) is 0 Å². The highest BCUT2D eigenvalue weighted by Gasteiger charge is 2.31. The molecule has 0 unspecified atom stereocenters. The van der Waals surface area contributed by atoms with Crippen LogP contribution in [0.25, 0.3) is 72.8 Å². The Morgan fingerprint density at radius 1 is 0.418 bits per heavy atom. The topological polar surface area (TPSA) is 43.6 Å². The van der Waals surface area contributed by atoms with Crippen molar-refractivity contribution in [2.75, 3.05) is 0 Å². The molecule has 0 aliphatic rings. The van der Waals surface area contributed by atoms with E-state index in [1.807, 2.05) is 78.9 Å². The van der Waals surface area contributed by atoms with Gasteiger partial charge in [0.15, 0.2) is 17.5 Å². The van der Waals surface area contributed by atoms with Crippen LogP contribution in [0, 0.1) is 0 Å². The first-order chi connectivity index (χ1) is 26.1. The molecule has 8 rings (SSSR count). The lowest BCUT2D eigenvalue weighted by molar-refractivity contribution is -0.137. The Morgan fingerprint density at radius 3 is 1.38 bits per heavy atom. The third-order valence-electron chi connectivity index (χ3n) is 10.2. The van der Waals surface area contributed by atoms with Crippen LogP contribution >= 0.6 is 0 Å². The molecule has 0 atom stereocenters. The van der Waals surface area contributed by atoms with Crippen LogP contribution < -0.4 is 0 Å². The van der Waals surface area contributed by atoms with Crippen molar-refractivity contribution < 1.29 is 13.2 Å². The number of halogens is 3. The van der Waals surface area contributed by atoms with E-state index in [2.05, 4.69) is 82.5 Å². The lowest BCUT2D eigenvalue weighted by Gasteiger charge is -2.21. The number of benzene rings is 6. The second kappa shape index (κ2) is 13.3. The molecule has 7 heteroatoms. The zero-order valence-corrected chi connectivity index (χ0v) is 31.7. The van der Waals surface area contributed by atoms with E-state index in [0.717, 1.165) is 55.8 Å². The summed E-state index contributed by atoms with van der Waals surface area (Å²) in [5.74, 6) is 1.49. The van der Waals surface area contributed by atoms with Crippen LogP contribution in [0.3, 0.4) is 0 Å². The number of aromatic nitrogens is 4. The Hall–Kier alpha value is -6.08. The molecule has 4 nitrogen and oxygen atoms in total. The molecule has 0 aliphatic carbocycles. The summed E-state index contributed by atoms with van der Waals surface area (Å²) in [6.45, 7) is 13.2. The summed E-state index contributed by atoms with van der Waals surface area (Å²) in [4.78, 5) is 15.1. The molecule has 2 aromatic heterocycles. The van der Waals surface area contributed by atoms with Gasteiger partial charge in [-0.25, -0.2) is 15.0 Å². The van der Waals surface area contributed by atoms with Crippen LogP contribution in [0.5, 0.6) is 0 Å². The molecular formula is C48H41F3N4. The molecular weight excluding hydrogens is 690 g/mol. The predicted octanol–water partition coefficient (Wildman–Crippen LogP) is 13.3. The summed E-state index contributed by atoms with van der Waals surface area (Å²) in [6, 6.07) is 44.1. The molecule has 0 N–H and O–H groups in total. The van der Waals surface area contributed by atoms with Gasteiger partial charge in [0.2, 0.25) is 0 Å². The summed E-state index contributed by atoms with van der Waals surface area (Å²) < 4.78 is 44.3. The number of alkyl halides is 3. The van der Waals surface area contributed by atoms with Gasteiger partial charge in [-0.15, -0.1) is 0 Å². The normalized spacial score (nSPS) is 12.5. The van der Waals surface area contributed by atoms with Crippen molar-refractivity contribution in [1.29, 1.82) is 0 Å². The van der Waals surface area contributed by atoms with Crippen molar-refractivity contribution in [3.8, 4) is 51.0 Å². The fourth-order valence-electron chi connectivity index (χ4n) is 7.10. The SMILES string of the molecule is CC(C)(C)c1ccc2c3ccc(C(C)(C)C)cc3n(-c3cc(-c4cccc(C(F)(F)F)c4)ccc3-c3nc(-c4ccccc4)nc(-c4ccccc4)n3)c2c1. The van der Waals surface area contributed by atoms with Gasteiger partial charge in [-0.05, 0) is 69.5 Å². The van der Waals surface area contributed by atoms with E-state index >= 15 is 0 Å². The zero-order chi connectivity index (χ0) is 38.7. The lowest BCUT2D eigenvalue weighted by Crippen LogP contribution is -2.11. The predicted molar refractivity (Wildman–Crippen MR) is 218 cm³/mol. The van der Waals surface area contributed by atoms with Crippen LogP contribution in [-0.2, 0) is 17.0 Å². The van der Waals surface area contributed by atoms with Crippen molar-refractivity contribution in [3.63, 3.8) is 0 Å². The molecule has 0 fully saturated rings. The van der Waals surface area contributed by atoms with E-state index in [-0.39, 0.29) is 10.8 Å². The van der Waals surface area contributed by atoms with E-state index in [1.165, 1.54) is 12.1 Å². The molecule has 0 amide bonds. The van der Waals surface area contributed by atoms with Crippen LogP contribution in [-0.4, -0.2) is 19.5 Å². The van der Waals surface area contributed by atoms with E-state index < -0.39 is 11.7 Å². The molecule has 0 saturated heterocycles. The van der Waals surface area contributed by atoms with E-state index in [1.54, 1.807) is 6.07 Å². The van der Waals surface area contributed by atoms with Crippen LogP contribution in [0.1, 0.15) is 58.2 Å². The summed E-state index contributed by atoms with van der Waals surface area (Å²) in [5, 5.41) is 2.15. The average Bonchev–Trinajstić information content (AvgIpc) is 3.50. The number of nitrogens with zero attached hydrogens (tertiary/aromatic N) is 4. The lowest BCUT2D eigenvalue weighted by atomic mass is 9.86. The van der Waals surface area contributed by atoms with E-state index in [0.29, 0.717) is 34.2 Å². The maximum absolute atomic E-state index is 14.0. The highest BCUT2D eigenvalue weighted by molar-refractivity contribution is 6.10. The number of rotatable bonds is 5. The van der Waals surface area contributed by atoms with Crippen molar-refractivity contribution in [2.45, 2.75) is 58.5 Å². The van der Waals surface area contributed by atoms with Gasteiger partial charge >= 0.3 is 6.18 Å². The molecule has 6 aromatic carbocycles. The first kappa shape index (κ1) is 35.9. The molecule has 0 saturated carbocycles. The van der Waals surface area contributed by atoms with Gasteiger partial charge in [0.25, 0.3) is 0 Å². The molecule has 55 heavy (non-hydrogen) atoms. The zero-order valence-electron chi connectivity index (χ0n) is 31.7. The largest absolute Gasteiger partial charge is 0.416 e. The van der Waals surface area contributed by atoms with Gasteiger partial charge in [0, 0.05) is 27.5 Å². The summed E-state index contributed by atoms with van der Waals surface area (Å²) in [5.41, 5.74) is 7.55. The molecule has 0 bridgehead atoms. The summed E-state index contributed by atoms with van der Waals surface area (Å²) in [6.07, 6.45) is -4.48. The maximum Gasteiger partial charge on any atom is 0.416 e. The fraction of sp³-hybridized carbons (Fsp3) is 0.188. The number of hydrogen-bond donors (Lipinski definition) is 0. The minimum Gasteiger partial charge on any atom is -0.308 e. The Bertz CT molecular complexity index is 2570. The van der Waals surface area contributed by atoms with Gasteiger partial charge in [0.1, 0.15) is 0 Å². The minimum atomic E-state index is -4.48. The highest BCUT2D eigenvalue weighted by atomic mass is 19.4. The van der Waals surface area contributed by atoms with Gasteiger partial charge in [-0.1, -0.05) is 145 Å². The Morgan fingerprint density at radius 2 is 0.891 bits per heavy atom. The fourth-order valence-corrected chi connectivity index (χ4v) is 7.10. The third kappa shape index (κ3) is 6.91. The molecule has 0 aliphatic heterocycles. The molecule has 274 valence electrons. The van der Waals surface area contributed by atoms with E-state index in [4.69, 9.17) is 15.0 Å². The standard InChI is InChI=1S/C48H41F3N4/c1-46(2,3)34-21-24-37-38-25-22-35(47(4,5)6)29-42(38)55(41(37)28-34)40-27-33(32-18-13-19-36(26-32)48(49,50)51)20-23-39(40)45-53-43(30-14-9-7-10-15-30)52-44(54-45)31-16-11-8-12-17-31/h7-29H,1-6H3. The molecule has 8 aromatic rings. The van der Waals surface area contributed by atoms with Crippen LogP contribution in [0.4, 0.5) is 13.2 Å². The Balaban J connectivity index is 1.50. The van der Waals surface area contributed by atoms with Gasteiger partial charge < -0.3 is 4.57 Å². The number of fused-ring (bicyclic) bond motifs is 3. The Kier molecular flexibility index (Phi) is 8.71. The monoisotopic (exact) mass is 730 g/mol. The smallest absolute Gasteiger partial charge is 0.308 e. The average molecular weight is 731 g/mol.